The van der Waals surface area contributed by atoms with E-state index >= 15 is 0 Å². The van der Waals surface area contributed by atoms with Gasteiger partial charge >= 0.3 is 12.0 Å². The van der Waals surface area contributed by atoms with Gasteiger partial charge < -0.3 is 15.2 Å². The van der Waals surface area contributed by atoms with E-state index in [1.54, 1.807) is 25.1 Å². The van der Waals surface area contributed by atoms with Crippen LogP contribution in [0.3, 0.4) is 0 Å². The molecule has 0 spiro atoms. The number of primary amides is 1. The summed E-state index contributed by atoms with van der Waals surface area (Å²) in [5.41, 5.74) is 7.63. The summed E-state index contributed by atoms with van der Waals surface area (Å²) >= 11 is 0. The van der Waals surface area contributed by atoms with Crippen LogP contribution in [0.2, 0.25) is 0 Å². The second-order valence-electron chi connectivity index (χ2n) is 3.70. The summed E-state index contributed by atoms with van der Waals surface area (Å²) < 4.78 is 10.5. The van der Waals surface area contributed by atoms with Gasteiger partial charge in [-0.3, -0.25) is 4.79 Å². The molecule has 3 N–H and O–H groups in total. The molecule has 0 radical (unpaired) electrons. The van der Waals surface area contributed by atoms with Gasteiger partial charge in [-0.15, -0.1) is 0 Å². The van der Waals surface area contributed by atoms with Crippen LogP contribution >= 0.6 is 0 Å². The number of benzene rings is 1. The molecular weight excluding hydrogens is 262 g/mol. The Hall–Kier alpha value is -2.57. The number of carbonyl (C=O) groups excluding carboxylic acids is 2. The number of esters is 1. The second kappa shape index (κ2) is 7.78. The van der Waals surface area contributed by atoms with Crippen LogP contribution in [0.25, 0.3) is 0 Å². The Labute approximate surface area is 116 Å². The van der Waals surface area contributed by atoms with Crippen molar-refractivity contribution in [3.05, 3.63) is 23.8 Å². The summed E-state index contributed by atoms with van der Waals surface area (Å²) in [4.78, 5) is 21.8. The van der Waals surface area contributed by atoms with Gasteiger partial charge in [-0.05, 0) is 30.7 Å². The maximum absolute atomic E-state index is 11.3. The maximum atomic E-state index is 11.3. The zero-order valence-electron chi connectivity index (χ0n) is 11.4. The van der Waals surface area contributed by atoms with Crippen molar-refractivity contribution in [2.45, 2.75) is 20.3 Å². The predicted molar refractivity (Wildman–Crippen MR) is 73.9 cm³/mol. The van der Waals surface area contributed by atoms with Crippen LogP contribution in [0.15, 0.2) is 23.3 Å². The topological polar surface area (TPSA) is 103 Å². The molecule has 0 aliphatic carbocycles. The summed E-state index contributed by atoms with van der Waals surface area (Å²) in [6.07, 6.45) is 1.68. The Kier molecular flexibility index (Phi) is 6.02. The predicted octanol–water partition coefficient (Wildman–Crippen LogP) is 1.40. The van der Waals surface area contributed by atoms with Crippen molar-refractivity contribution in [2.24, 2.45) is 10.8 Å². The summed E-state index contributed by atoms with van der Waals surface area (Å²) in [7, 11) is 0. The molecule has 0 heterocycles. The van der Waals surface area contributed by atoms with Gasteiger partial charge in [0, 0.05) is 6.42 Å². The molecule has 20 heavy (non-hydrogen) atoms. The molecule has 0 aromatic heterocycles. The standard InChI is InChI=1S/C13H17N3O4/c1-3-12(17)20-10-6-5-9(7-11(10)19-4-2)8-15-16-13(14)18/h5-8H,3-4H2,1-2H3,(H3,14,16,18). The molecule has 0 unspecified atom stereocenters. The molecular formula is C13H17N3O4. The average Bonchev–Trinajstić information content (AvgIpc) is 2.41. The maximum Gasteiger partial charge on any atom is 0.332 e. The van der Waals surface area contributed by atoms with Crippen molar-refractivity contribution in [2.75, 3.05) is 6.61 Å². The molecule has 0 saturated heterocycles. The van der Waals surface area contributed by atoms with Crippen molar-refractivity contribution >= 4 is 18.2 Å². The van der Waals surface area contributed by atoms with Gasteiger partial charge in [0.1, 0.15) is 0 Å². The molecule has 1 aromatic rings. The number of rotatable bonds is 6. The quantitative estimate of drug-likeness (QED) is 0.355. The first-order chi connectivity index (χ1) is 9.56. The Bertz CT molecular complexity index is 514. The summed E-state index contributed by atoms with van der Waals surface area (Å²) in [5.74, 6) is 0.429. The molecule has 2 amide bonds. The number of nitrogens with two attached hydrogens (primary N) is 1. The van der Waals surface area contributed by atoms with Crippen molar-refractivity contribution in [3.63, 3.8) is 0 Å². The molecule has 0 aliphatic heterocycles. The zero-order valence-corrected chi connectivity index (χ0v) is 11.4. The Morgan fingerprint density at radius 2 is 2.10 bits per heavy atom. The van der Waals surface area contributed by atoms with E-state index in [2.05, 4.69) is 10.5 Å². The van der Waals surface area contributed by atoms with Crippen LogP contribution in [0.5, 0.6) is 11.5 Å². The highest BCUT2D eigenvalue weighted by molar-refractivity contribution is 5.83. The van der Waals surface area contributed by atoms with E-state index in [9.17, 15) is 9.59 Å². The molecule has 0 atom stereocenters. The van der Waals surface area contributed by atoms with Crippen molar-refractivity contribution in [1.82, 2.24) is 5.43 Å². The summed E-state index contributed by atoms with van der Waals surface area (Å²) in [5, 5.41) is 3.64. The third kappa shape index (κ3) is 4.97. The molecule has 1 aromatic carbocycles. The Morgan fingerprint density at radius 1 is 1.35 bits per heavy atom. The fourth-order valence-corrected chi connectivity index (χ4v) is 1.32. The van der Waals surface area contributed by atoms with Crippen LogP contribution in [0, 0.1) is 0 Å². The minimum Gasteiger partial charge on any atom is -0.490 e. The van der Waals surface area contributed by atoms with Crippen LogP contribution < -0.4 is 20.6 Å². The highest BCUT2D eigenvalue weighted by Crippen LogP contribution is 2.28. The first-order valence-corrected chi connectivity index (χ1v) is 6.12. The summed E-state index contributed by atoms with van der Waals surface area (Å²) in [6, 6.07) is 4.17. The largest absolute Gasteiger partial charge is 0.490 e. The summed E-state index contributed by atoms with van der Waals surface area (Å²) in [6.45, 7) is 3.96. The lowest BCUT2D eigenvalue weighted by Crippen LogP contribution is -2.24. The van der Waals surface area contributed by atoms with E-state index < -0.39 is 6.03 Å². The normalized spacial score (nSPS) is 10.3. The lowest BCUT2D eigenvalue weighted by molar-refractivity contribution is -0.134. The number of hydrogen-bond acceptors (Lipinski definition) is 5. The molecule has 0 fully saturated rings. The third-order valence-corrected chi connectivity index (χ3v) is 2.17. The van der Waals surface area contributed by atoms with Gasteiger partial charge in [0.25, 0.3) is 0 Å². The van der Waals surface area contributed by atoms with Gasteiger partial charge in [-0.1, -0.05) is 6.92 Å². The van der Waals surface area contributed by atoms with Crippen LogP contribution in [0.1, 0.15) is 25.8 Å². The molecule has 7 nitrogen and oxygen atoms in total. The highest BCUT2D eigenvalue weighted by atomic mass is 16.6. The van der Waals surface area contributed by atoms with Crippen LogP contribution in [-0.4, -0.2) is 24.8 Å². The number of hydrogen-bond donors (Lipinski definition) is 2. The van der Waals surface area contributed by atoms with Crippen molar-refractivity contribution in [1.29, 1.82) is 0 Å². The fraction of sp³-hybridized carbons (Fsp3) is 0.308. The Morgan fingerprint density at radius 3 is 2.70 bits per heavy atom. The van der Waals surface area contributed by atoms with Gasteiger partial charge in [-0.25, -0.2) is 10.2 Å². The van der Waals surface area contributed by atoms with Crippen LogP contribution in [0.4, 0.5) is 4.79 Å². The number of hydrazone groups is 1. The van der Waals surface area contributed by atoms with Crippen molar-refractivity contribution < 1.29 is 19.1 Å². The zero-order chi connectivity index (χ0) is 15.0. The van der Waals surface area contributed by atoms with E-state index in [1.807, 2.05) is 6.92 Å². The van der Waals surface area contributed by atoms with Gasteiger partial charge in [0.05, 0.1) is 12.8 Å². The number of nitrogens with one attached hydrogen (secondary N) is 1. The molecule has 0 aliphatic rings. The Balaban J connectivity index is 2.91. The lowest BCUT2D eigenvalue weighted by Gasteiger charge is -2.10. The first kappa shape index (κ1) is 15.5. The minimum absolute atomic E-state index is 0.275. The van der Waals surface area contributed by atoms with E-state index in [0.717, 1.165) is 0 Å². The molecule has 0 bridgehead atoms. The smallest absolute Gasteiger partial charge is 0.332 e. The second-order valence-corrected chi connectivity index (χ2v) is 3.70. The number of urea groups is 1. The number of ether oxygens (including phenoxy) is 2. The highest BCUT2D eigenvalue weighted by Gasteiger charge is 2.09. The first-order valence-electron chi connectivity index (χ1n) is 6.12. The molecule has 0 saturated carbocycles. The van der Waals surface area contributed by atoms with Gasteiger partial charge in [0.2, 0.25) is 0 Å². The fourth-order valence-electron chi connectivity index (χ4n) is 1.32. The molecule has 108 valence electrons. The third-order valence-electron chi connectivity index (χ3n) is 2.17. The number of carbonyl (C=O) groups is 2. The monoisotopic (exact) mass is 279 g/mol. The van der Waals surface area contributed by atoms with E-state index in [4.69, 9.17) is 15.2 Å². The van der Waals surface area contributed by atoms with Gasteiger partial charge in [0.15, 0.2) is 11.5 Å². The lowest BCUT2D eigenvalue weighted by atomic mass is 10.2. The number of amides is 2. The number of nitrogens with zero attached hydrogens (tertiary/aromatic N) is 1. The molecule has 1 rings (SSSR count). The average molecular weight is 279 g/mol. The SMILES string of the molecule is CCOc1cc(C=NNC(N)=O)ccc1OC(=O)CC. The van der Waals surface area contributed by atoms with Crippen LogP contribution in [-0.2, 0) is 4.79 Å². The van der Waals surface area contributed by atoms with Crippen molar-refractivity contribution in [3.8, 4) is 11.5 Å². The van der Waals surface area contributed by atoms with E-state index in [1.165, 1.54) is 6.21 Å². The van der Waals surface area contributed by atoms with E-state index in [-0.39, 0.29) is 12.4 Å². The van der Waals surface area contributed by atoms with E-state index in [0.29, 0.717) is 23.7 Å². The minimum atomic E-state index is -0.750. The molecule has 7 heteroatoms. The van der Waals surface area contributed by atoms with Gasteiger partial charge in [-0.2, -0.15) is 5.10 Å².